The minimum Gasteiger partial charge on any atom is -0.497 e. The van der Waals surface area contributed by atoms with Crippen LogP contribution in [0.4, 0.5) is 28.8 Å². The van der Waals surface area contributed by atoms with Gasteiger partial charge in [0.05, 0.1) is 25.2 Å². The van der Waals surface area contributed by atoms with Crippen molar-refractivity contribution >= 4 is 38.9 Å². The fourth-order valence-corrected chi connectivity index (χ4v) is 4.86. The summed E-state index contributed by atoms with van der Waals surface area (Å²) in [6.45, 7) is 2.89. The van der Waals surface area contributed by atoms with Gasteiger partial charge in [0, 0.05) is 41.3 Å². The highest BCUT2D eigenvalue weighted by atomic mass is 32.2. The van der Waals surface area contributed by atoms with Crippen LogP contribution in [0, 0.1) is 6.92 Å². The molecule has 0 unspecified atom stereocenters. The molecule has 0 aliphatic carbocycles. The van der Waals surface area contributed by atoms with Crippen molar-refractivity contribution in [1.29, 1.82) is 0 Å². The molecule has 5 rings (SSSR count). The molecular formula is C27H27N5O5S. The van der Waals surface area contributed by atoms with Gasteiger partial charge in [0.15, 0.2) is 11.5 Å². The van der Waals surface area contributed by atoms with E-state index in [4.69, 9.17) is 14.2 Å². The predicted octanol–water partition coefficient (Wildman–Crippen LogP) is 5.24. The molecule has 1 aromatic heterocycles. The Morgan fingerprint density at radius 1 is 0.789 bits per heavy atom. The van der Waals surface area contributed by atoms with E-state index in [0.29, 0.717) is 47.9 Å². The van der Waals surface area contributed by atoms with Gasteiger partial charge in [-0.25, -0.2) is 13.4 Å². The maximum atomic E-state index is 13.0. The quantitative estimate of drug-likeness (QED) is 0.279. The van der Waals surface area contributed by atoms with Crippen molar-refractivity contribution in [1.82, 2.24) is 9.97 Å². The molecule has 0 fully saturated rings. The molecule has 0 bridgehead atoms. The van der Waals surface area contributed by atoms with Crippen molar-refractivity contribution in [2.75, 3.05) is 35.7 Å². The van der Waals surface area contributed by atoms with E-state index in [9.17, 15) is 8.42 Å². The largest absolute Gasteiger partial charge is 0.497 e. The third-order valence-corrected chi connectivity index (χ3v) is 7.02. The van der Waals surface area contributed by atoms with Gasteiger partial charge in [-0.2, -0.15) is 4.98 Å². The normalized spacial score (nSPS) is 12.8. The van der Waals surface area contributed by atoms with E-state index in [1.165, 1.54) is 12.1 Å². The summed E-state index contributed by atoms with van der Waals surface area (Å²) in [6, 6.07) is 20.8. The number of nitrogens with one attached hydrogen (secondary N) is 3. The Morgan fingerprint density at radius 3 is 2.18 bits per heavy atom. The van der Waals surface area contributed by atoms with Crippen LogP contribution in [0.15, 0.2) is 77.7 Å². The Hall–Kier alpha value is -4.51. The highest BCUT2D eigenvalue weighted by Crippen LogP contribution is 2.32. The van der Waals surface area contributed by atoms with Gasteiger partial charge in [-0.15, -0.1) is 0 Å². The lowest BCUT2D eigenvalue weighted by Gasteiger charge is -2.13. The van der Waals surface area contributed by atoms with Gasteiger partial charge >= 0.3 is 0 Å². The van der Waals surface area contributed by atoms with E-state index >= 15 is 0 Å². The second kappa shape index (κ2) is 10.9. The monoisotopic (exact) mass is 533 g/mol. The minimum atomic E-state index is -3.82. The molecule has 3 aromatic carbocycles. The summed E-state index contributed by atoms with van der Waals surface area (Å²) in [6.07, 6.45) is 0.740. The molecule has 0 amide bonds. The summed E-state index contributed by atoms with van der Waals surface area (Å²) in [4.78, 5) is 9.07. The number of anilines is 5. The molecule has 1 aliphatic rings. The number of fused-ring (bicyclic) bond motifs is 1. The molecular weight excluding hydrogens is 506 g/mol. The van der Waals surface area contributed by atoms with Crippen LogP contribution in [0.3, 0.4) is 0 Å². The van der Waals surface area contributed by atoms with Crippen molar-refractivity contribution in [2.24, 2.45) is 0 Å². The Labute approximate surface area is 221 Å². The summed E-state index contributed by atoms with van der Waals surface area (Å²) < 4.78 is 44.9. The number of hydrogen-bond acceptors (Lipinski definition) is 9. The van der Waals surface area contributed by atoms with Gasteiger partial charge in [0.1, 0.15) is 11.6 Å². The zero-order valence-electron chi connectivity index (χ0n) is 20.9. The van der Waals surface area contributed by atoms with Crippen molar-refractivity contribution in [2.45, 2.75) is 18.2 Å². The highest BCUT2D eigenvalue weighted by Gasteiger charge is 2.19. The predicted molar refractivity (Wildman–Crippen MR) is 146 cm³/mol. The number of hydrogen-bond donors (Lipinski definition) is 3. The van der Waals surface area contributed by atoms with E-state index in [0.717, 1.165) is 23.6 Å². The van der Waals surface area contributed by atoms with Crippen LogP contribution in [-0.4, -0.2) is 38.7 Å². The Bertz CT molecular complexity index is 1530. The lowest BCUT2D eigenvalue weighted by atomic mass is 10.3. The zero-order valence-corrected chi connectivity index (χ0v) is 21.7. The van der Waals surface area contributed by atoms with Crippen molar-refractivity contribution in [3.8, 4) is 17.2 Å². The topological polar surface area (TPSA) is 124 Å². The first-order valence-corrected chi connectivity index (χ1v) is 13.4. The number of ether oxygens (including phenoxy) is 3. The molecule has 0 radical (unpaired) electrons. The van der Waals surface area contributed by atoms with Gasteiger partial charge in [-0.1, -0.05) is 0 Å². The number of benzene rings is 3. The van der Waals surface area contributed by atoms with Gasteiger partial charge in [-0.3, -0.25) is 4.72 Å². The van der Waals surface area contributed by atoms with E-state index < -0.39 is 10.0 Å². The maximum absolute atomic E-state index is 13.0. The van der Waals surface area contributed by atoms with Gasteiger partial charge < -0.3 is 24.8 Å². The van der Waals surface area contributed by atoms with Crippen molar-refractivity contribution in [3.05, 3.63) is 78.5 Å². The minimum absolute atomic E-state index is 0.0917. The molecule has 3 N–H and O–H groups in total. The fourth-order valence-electron chi connectivity index (χ4n) is 3.79. The number of aryl methyl sites for hydroxylation is 1. The average molecular weight is 534 g/mol. The molecule has 2 heterocycles. The molecule has 0 spiro atoms. The molecule has 4 aromatic rings. The van der Waals surface area contributed by atoms with E-state index in [-0.39, 0.29) is 4.90 Å². The molecule has 1 aliphatic heterocycles. The Kier molecular flexibility index (Phi) is 7.18. The zero-order chi connectivity index (χ0) is 26.5. The average Bonchev–Trinajstić information content (AvgIpc) is 3.15. The van der Waals surface area contributed by atoms with Gasteiger partial charge in [0.25, 0.3) is 10.0 Å². The van der Waals surface area contributed by atoms with Crippen LogP contribution >= 0.6 is 0 Å². The van der Waals surface area contributed by atoms with Gasteiger partial charge in [-0.05, 0) is 67.6 Å². The van der Waals surface area contributed by atoms with Crippen LogP contribution in [0.5, 0.6) is 17.2 Å². The van der Waals surface area contributed by atoms with E-state index in [1.807, 2.05) is 37.3 Å². The van der Waals surface area contributed by atoms with Crippen molar-refractivity contribution < 1.29 is 22.6 Å². The van der Waals surface area contributed by atoms with Crippen LogP contribution in [-0.2, 0) is 10.0 Å². The summed E-state index contributed by atoms with van der Waals surface area (Å²) >= 11 is 0. The van der Waals surface area contributed by atoms with Crippen LogP contribution in [0.25, 0.3) is 0 Å². The number of methoxy groups -OCH3 is 1. The third kappa shape index (κ3) is 6.06. The molecule has 10 nitrogen and oxygen atoms in total. The Balaban J connectivity index is 1.26. The first-order chi connectivity index (χ1) is 18.4. The van der Waals surface area contributed by atoms with Crippen LogP contribution in [0.1, 0.15) is 12.1 Å². The fraction of sp³-hybridized carbons (Fsp3) is 0.185. The lowest BCUT2D eigenvalue weighted by Crippen LogP contribution is -2.13. The second-order valence-electron chi connectivity index (χ2n) is 8.54. The van der Waals surface area contributed by atoms with Gasteiger partial charge in [0.2, 0.25) is 5.95 Å². The summed E-state index contributed by atoms with van der Waals surface area (Å²) in [5.41, 5.74) is 2.75. The highest BCUT2D eigenvalue weighted by molar-refractivity contribution is 7.92. The second-order valence-corrected chi connectivity index (χ2v) is 10.2. The molecule has 0 atom stereocenters. The number of aromatic nitrogens is 2. The summed E-state index contributed by atoms with van der Waals surface area (Å²) in [7, 11) is -2.20. The molecule has 0 saturated carbocycles. The number of sulfonamides is 1. The smallest absolute Gasteiger partial charge is 0.262 e. The lowest BCUT2D eigenvalue weighted by molar-refractivity contribution is 0.297. The number of rotatable bonds is 8. The third-order valence-electron chi connectivity index (χ3n) is 5.64. The number of nitrogens with zero attached hydrogens (tertiary/aromatic N) is 2. The maximum Gasteiger partial charge on any atom is 0.262 e. The van der Waals surface area contributed by atoms with Crippen LogP contribution < -0.4 is 29.6 Å². The standard InChI is InChI=1S/C27H27N5O5S/c1-18-16-26(29-19-8-10-22(35-2)11-9-19)31-27(28-18)30-20-4-6-21(7-5-20)32-38(33,34)23-12-13-24-25(17-23)37-15-3-14-36-24/h4-13,16-17,32H,3,14-15H2,1-2H3,(H2,28,29,30,31). The Morgan fingerprint density at radius 2 is 1.45 bits per heavy atom. The summed E-state index contributed by atoms with van der Waals surface area (Å²) in [5.74, 6) is 2.76. The first kappa shape index (κ1) is 25.2. The molecule has 11 heteroatoms. The van der Waals surface area contributed by atoms with Crippen molar-refractivity contribution in [3.63, 3.8) is 0 Å². The summed E-state index contributed by atoms with van der Waals surface area (Å²) in [5, 5.41) is 6.42. The first-order valence-electron chi connectivity index (χ1n) is 11.9. The van der Waals surface area contributed by atoms with E-state index in [1.54, 1.807) is 37.4 Å². The molecule has 196 valence electrons. The molecule has 0 saturated heterocycles. The van der Waals surface area contributed by atoms with Crippen LogP contribution in [0.2, 0.25) is 0 Å². The molecule has 38 heavy (non-hydrogen) atoms. The van der Waals surface area contributed by atoms with E-state index in [2.05, 4.69) is 25.3 Å². The SMILES string of the molecule is COc1ccc(Nc2cc(C)nc(Nc3ccc(NS(=O)(=O)c4ccc5c(c4)OCCCO5)cc3)n2)cc1.